The lowest BCUT2D eigenvalue weighted by Gasteiger charge is -2.31. The van der Waals surface area contributed by atoms with Crippen LogP contribution in [-0.2, 0) is 9.59 Å². The first-order valence-electron chi connectivity index (χ1n) is 7.82. The normalized spacial score (nSPS) is 19.5. The number of hydrogen-bond donors (Lipinski definition) is 3. The number of aryl methyl sites for hydroxylation is 1. The molecule has 24 heavy (non-hydrogen) atoms. The van der Waals surface area contributed by atoms with Gasteiger partial charge >= 0.3 is 6.03 Å². The molecule has 0 aromatic heterocycles. The fraction of sp³-hybridized carbons (Fsp3) is 0.438. The number of nitrogens with zero attached hydrogens (tertiary/aromatic N) is 1. The molecule has 1 spiro atoms. The zero-order valence-corrected chi connectivity index (χ0v) is 14.9. The van der Waals surface area contributed by atoms with Gasteiger partial charge < -0.3 is 16.0 Å². The zero-order chi connectivity index (χ0) is 17.3. The maximum absolute atomic E-state index is 12.6. The molecular weight excluding hydrogens is 376 g/mol. The smallest absolute Gasteiger partial charge is 0.323 e. The van der Waals surface area contributed by atoms with Crippen molar-refractivity contribution in [2.24, 2.45) is 0 Å². The van der Waals surface area contributed by atoms with Gasteiger partial charge in [0, 0.05) is 4.47 Å². The van der Waals surface area contributed by atoms with Crippen LogP contribution in [-0.4, -0.2) is 47.9 Å². The van der Waals surface area contributed by atoms with E-state index in [-0.39, 0.29) is 12.5 Å². The van der Waals surface area contributed by atoms with Gasteiger partial charge in [0.25, 0.3) is 5.91 Å². The largest absolute Gasteiger partial charge is 0.325 e. The molecule has 0 bridgehead atoms. The SMILES string of the molecule is Cc1ccc(NC(=O)CN2C(=O)NC3(CCNCC3)C2=O)c(Br)c1. The van der Waals surface area contributed by atoms with E-state index in [0.29, 0.717) is 31.6 Å². The summed E-state index contributed by atoms with van der Waals surface area (Å²) < 4.78 is 0.753. The molecule has 8 heteroatoms. The van der Waals surface area contributed by atoms with Crippen LogP contribution in [0.5, 0.6) is 0 Å². The van der Waals surface area contributed by atoms with Crippen molar-refractivity contribution in [3.63, 3.8) is 0 Å². The Morgan fingerprint density at radius 2 is 2.04 bits per heavy atom. The molecule has 0 unspecified atom stereocenters. The molecule has 128 valence electrons. The molecule has 3 N–H and O–H groups in total. The second kappa shape index (κ2) is 6.52. The van der Waals surface area contributed by atoms with Crippen molar-refractivity contribution in [2.75, 3.05) is 25.0 Å². The minimum absolute atomic E-state index is 0.292. The topological polar surface area (TPSA) is 90.5 Å². The van der Waals surface area contributed by atoms with Crippen LogP contribution in [0.2, 0.25) is 0 Å². The lowest BCUT2D eigenvalue weighted by Crippen LogP contribution is -2.54. The van der Waals surface area contributed by atoms with E-state index in [4.69, 9.17) is 0 Å². The van der Waals surface area contributed by atoms with Crippen LogP contribution in [0.4, 0.5) is 10.5 Å². The number of benzene rings is 1. The third kappa shape index (κ3) is 3.16. The molecule has 2 aliphatic heterocycles. The Morgan fingerprint density at radius 3 is 2.71 bits per heavy atom. The zero-order valence-electron chi connectivity index (χ0n) is 13.3. The molecule has 2 aliphatic rings. The molecule has 0 radical (unpaired) electrons. The highest BCUT2D eigenvalue weighted by Gasteiger charge is 2.51. The molecule has 2 saturated heterocycles. The fourth-order valence-electron chi connectivity index (χ4n) is 3.07. The van der Waals surface area contributed by atoms with Crippen molar-refractivity contribution in [3.05, 3.63) is 28.2 Å². The Morgan fingerprint density at radius 1 is 1.33 bits per heavy atom. The molecule has 0 saturated carbocycles. The van der Waals surface area contributed by atoms with Gasteiger partial charge in [-0.05, 0) is 66.5 Å². The number of halogens is 1. The Kier molecular flexibility index (Phi) is 4.60. The standard InChI is InChI=1S/C16H19BrN4O3/c1-10-2-3-12(11(17)8-10)19-13(22)9-21-14(23)16(20-15(21)24)4-6-18-7-5-16/h2-3,8,18H,4-7,9H2,1H3,(H,19,22)(H,20,24). The average molecular weight is 395 g/mol. The van der Waals surface area contributed by atoms with E-state index in [9.17, 15) is 14.4 Å². The van der Waals surface area contributed by atoms with Crippen molar-refractivity contribution in [3.8, 4) is 0 Å². The van der Waals surface area contributed by atoms with E-state index in [0.717, 1.165) is 14.9 Å². The highest BCUT2D eigenvalue weighted by Crippen LogP contribution is 2.27. The minimum atomic E-state index is -0.854. The van der Waals surface area contributed by atoms with Crippen LogP contribution >= 0.6 is 15.9 Å². The summed E-state index contributed by atoms with van der Waals surface area (Å²) in [5.74, 6) is -0.721. The number of carbonyl (C=O) groups excluding carboxylic acids is 3. The summed E-state index contributed by atoms with van der Waals surface area (Å²) in [7, 11) is 0. The molecule has 7 nitrogen and oxygen atoms in total. The second-order valence-corrected chi connectivity index (χ2v) is 7.04. The molecule has 1 aromatic carbocycles. The molecular formula is C16H19BrN4O3. The second-order valence-electron chi connectivity index (χ2n) is 6.19. The van der Waals surface area contributed by atoms with Gasteiger partial charge in [-0.15, -0.1) is 0 Å². The number of anilines is 1. The molecule has 3 rings (SSSR count). The highest BCUT2D eigenvalue weighted by atomic mass is 79.9. The van der Waals surface area contributed by atoms with Crippen LogP contribution in [0.3, 0.4) is 0 Å². The average Bonchev–Trinajstić information content (AvgIpc) is 2.75. The van der Waals surface area contributed by atoms with E-state index in [1.54, 1.807) is 6.07 Å². The predicted octanol–water partition coefficient (Wildman–Crippen LogP) is 1.37. The van der Waals surface area contributed by atoms with Gasteiger partial charge in [-0.1, -0.05) is 6.07 Å². The highest BCUT2D eigenvalue weighted by molar-refractivity contribution is 9.10. The minimum Gasteiger partial charge on any atom is -0.323 e. The number of rotatable bonds is 3. The third-order valence-corrected chi connectivity index (χ3v) is 5.06. The summed E-state index contributed by atoms with van der Waals surface area (Å²) in [5, 5.41) is 8.65. The first-order chi connectivity index (χ1) is 11.4. The third-order valence-electron chi connectivity index (χ3n) is 4.40. The van der Waals surface area contributed by atoms with Crippen molar-refractivity contribution in [1.29, 1.82) is 0 Å². The van der Waals surface area contributed by atoms with Gasteiger partial charge in [0.15, 0.2) is 0 Å². The predicted molar refractivity (Wildman–Crippen MR) is 92.6 cm³/mol. The van der Waals surface area contributed by atoms with E-state index < -0.39 is 17.5 Å². The summed E-state index contributed by atoms with van der Waals surface area (Å²) in [6.45, 7) is 2.99. The molecule has 1 aromatic rings. The maximum atomic E-state index is 12.6. The van der Waals surface area contributed by atoms with Gasteiger partial charge in [0.05, 0.1) is 5.69 Å². The Labute approximate surface area is 148 Å². The number of hydrogen-bond acceptors (Lipinski definition) is 4. The van der Waals surface area contributed by atoms with Crippen LogP contribution in [0.1, 0.15) is 18.4 Å². The number of imide groups is 1. The summed E-state index contributed by atoms with van der Waals surface area (Å²) in [6.07, 6.45) is 1.08. The van der Waals surface area contributed by atoms with Crippen LogP contribution in [0, 0.1) is 6.92 Å². The molecule has 0 atom stereocenters. The maximum Gasteiger partial charge on any atom is 0.325 e. The molecule has 2 heterocycles. The van der Waals surface area contributed by atoms with Gasteiger partial charge in [0.2, 0.25) is 5.91 Å². The molecule has 2 fully saturated rings. The van der Waals surface area contributed by atoms with Crippen molar-refractivity contribution in [2.45, 2.75) is 25.3 Å². The van der Waals surface area contributed by atoms with Gasteiger partial charge in [-0.3, -0.25) is 14.5 Å². The number of piperidine rings is 1. The summed E-state index contributed by atoms with van der Waals surface area (Å²) >= 11 is 3.39. The first-order valence-corrected chi connectivity index (χ1v) is 8.61. The van der Waals surface area contributed by atoms with Crippen LogP contribution in [0.15, 0.2) is 22.7 Å². The van der Waals surface area contributed by atoms with Crippen LogP contribution in [0.25, 0.3) is 0 Å². The molecule has 0 aliphatic carbocycles. The number of urea groups is 1. The Bertz CT molecular complexity index is 701. The first kappa shape index (κ1) is 16.9. The van der Waals surface area contributed by atoms with E-state index in [1.165, 1.54) is 0 Å². The number of nitrogens with one attached hydrogen (secondary N) is 3. The van der Waals surface area contributed by atoms with E-state index in [1.807, 2.05) is 19.1 Å². The van der Waals surface area contributed by atoms with Crippen molar-refractivity contribution < 1.29 is 14.4 Å². The molecule has 4 amide bonds. The Balaban J connectivity index is 1.68. The van der Waals surface area contributed by atoms with Crippen molar-refractivity contribution in [1.82, 2.24) is 15.5 Å². The Hall–Kier alpha value is -1.93. The lowest BCUT2D eigenvalue weighted by molar-refractivity contribution is -0.134. The summed E-state index contributed by atoms with van der Waals surface area (Å²) in [5.41, 5.74) is 0.809. The van der Waals surface area contributed by atoms with Gasteiger partial charge in [0.1, 0.15) is 12.1 Å². The monoisotopic (exact) mass is 394 g/mol. The van der Waals surface area contributed by atoms with Crippen molar-refractivity contribution >= 4 is 39.5 Å². The lowest BCUT2D eigenvalue weighted by atomic mass is 9.88. The fourth-order valence-corrected chi connectivity index (χ4v) is 3.66. The quantitative estimate of drug-likeness (QED) is 0.675. The van der Waals surface area contributed by atoms with Gasteiger partial charge in [-0.2, -0.15) is 0 Å². The van der Waals surface area contributed by atoms with E-state index >= 15 is 0 Å². The summed E-state index contributed by atoms with van der Waals surface area (Å²) in [4.78, 5) is 38.0. The summed E-state index contributed by atoms with van der Waals surface area (Å²) in [6, 6.07) is 5.03. The van der Waals surface area contributed by atoms with E-state index in [2.05, 4.69) is 31.9 Å². The number of amides is 4. The number of carbonyl (C=O) groups is 3. The van der Waals surface area contributed by atoms with Crippen LogP contribution < -0.4 is 16.0 Å². The van der Waals surface area contributed by atoms with Gasteiger partial charge in [-0.25, -0.2) is 4.79 Å².